The van der Waals surface area contributed by atoms with Crippen LogP contribution in [0.3, 0.4) is 0 Å². The van der Waals surface area contributed by atoms with Gasteiger partial charge in [-0.3, -0.25) is 0 Å². The standard InChI is InChI=1S/C12H24N2/c1-14(9-11-3-2-4-11)10-12-5-7-13-8-6-12/h11-13H,2-10H2,1H3. The van der Waals surface area contributed by atoms with Crippen molar-refractivity contribution in [3.63, 3.8) is 0 Å². The van der Waals surface area contributed by atoms with Crippen molar-refractivity contribution in [3.8, 4) is 0 Å². The summed E-state index contributed by atoms with van der Waals surface area (Å²) < 4.78 is 0. The lowest BCUT2D eigenvalue weighted by molar-refractivity contribution is 0.173. The zero-order valence-electron chi connectivity index (χ0n) is 9.47. The van der Waals surface area contributed by atoms with E-state index in [-0.39, 0.29) is 0 Å². The summed E-state index contributed by atoms with van der Waals surface area (Å²) in [7, 11) is 2.31. The second kappa shape index (κ2) is 5.13. The van der Waals surface area contributed by atoms with Gasteiger partial charge in [0, 0.05) is 13.1 Å². The normalized spacial score (nSPS) is 25.3. The lowest BCUT2D eigenvalue weighted by Gasteiger charge is -2.33. The average Bonchev–Trinajstić information content (AvgIpc) is 2.13. The number of piperidine rings is 1. The number of nitrogens with zero attached hydrogens (tertiary/aromatic N) is 1. The minimum Gasteiger partial charge on any atom is -0.317 e. The smallest absolute Gasteiger partial charge is 0.000767 e. The molecule has 0 aromatic heterocycles. The van der Waals surface area contributed by atoms with Gasteiger partial charge < -0.3 is 10.2 Å². The van der Waals surface area contributed by atoms with Gasteiger partial charge in [0.2, 0.25) is 0 Å². The first-order valence-electron chi connectivity index (χ1n) is 6.24. The van der Waals surface area contributed by atoms with Gasteiger partial charge in [-0.05, 0) is 57.7 Å². The summed E-state index contributed by atoms with van der Waals surface area (Å²) in [6.07, 6.45) is 7.21. The van der Waals surface area contributed by atoms with Crippen molar-refractivity contribution in [1.29, 1.82) is 0 Å². The molecule has 82 valence electrons. The van der Waals surface area contributed by atoms with Crippen molar-refractivity contribution in [2.45, 2.75) is 32.1 Å². The van der Waals surface area contributed by atoms with Crippen molar-refractivity contribution in [2.75, 3.05) is 33.2 Å². The minimum atomic E-state index is 0.960. The zero-order chi connectivity index (χ0) is 9.80. The Hall–Kier alpha value is -0.0800. The number of rotatable bonds is 4. The lowest BCUT2D eigenvalue weighted by Crippen LogP contribution is -2.37. The monoisotopic (exact) mass is 196 g/mol. The Morgan fingerprint density at radius 2 is 1.57 bits per heavy atom. The van der Waals surface area contributed by atoms with Crippen LogP contribution in [0.5, 0.6) is 0 Å². The fraction of sp³-hybridized carbons (Fsp3) is 1.00. The molecule has 1 aliphatic carbocycles. The molecule has 1 heterocycles. The van der Waals surface area contributed by atoms with E-state index in [9.17, 15) is 0 Å². The molecule has 1 N–H and O–H groups in total. The van der Waals surface area contributed by atoms with Gasteiger partial charge in [-0.1, -0.05) is 6.42 Å². The summed E-state index contributed by atoms with van der Waals surface area (Å²) >= 11 is 0. The van der Waals surface area contributed by atoms with E-state index < -0.39 is 0 Å². The maximum absolute atomic E-state index is 3.43. The van der Waals surface area contributed by atoms with Crippen LogP contribution >= 0.6 is 0 Å². The fourth-order valence-electron chi connectivity index (χ4n) is 2.70. The first-order valence-corrected chi connectivity index (χ1v) is 6.24. The van der Waals surface area contributed by atoms with Crippen molar-refractivity contribution in [1.82, 2.24) is 10.2 Å². The third-order valence-corrected chi connectivity index (χ3v) is 3.82. The third kappa shape index (κ3) is 2.96. The second-order valence-corrected chi connectivity index (χ2v) is 5.21. The predicted octanol–water partition coefficient (Wildman–Crippen LogP) is 1.72. The van der Waals surface area contributed by atoms with Gasteiger partial charge in [0.05, 0.1) is 0 Å². The van der Waals surface area contributed by atoms with Crippen LogP contribution in [0, 0.1) is 11.8 Å². The molecule has 1 aliphatic heterocycles. The number of hydrogen-bond acceptors (Lipinski definition) is 2. The third-order valence-electron chi connectivity index (χ3n) is 3.82. The molecular formula is C12H24N2. The van der Waals surface area contributed by atoms with Crippen molar-refractivity contribution in [3.05, 3.63) is 0 Å². The summed E-state index contributed by atoms with van der Waals surface area (Å²) in [5, 5.41) is 3.43. The topological polar surface area (TPSA) is 15.3 Å². The maximum Gasteiger partial charge on any atom is 0.000767 e. The Morgan fingerprint density at radius 3 is 2.07 bits per heavy atom. The van der Waals surface area contributed by atoms with E-state index in [0.717, 1.165) is 11.8 Å². The molecule has 0 aromatic rings. The Kier molecular flexibility index (Phi) is 3.82. The SMILES string of the molecule is CN(CC1CCC1)CC1CCNCC1. The van der Waals surface area contributed by atoms with Crippen molar-refractivity contribution < 1.29 is 0 Å². The summed E-state index contributed by atoms with van der Waals surface area (Å²) in [5.74, 6) is 1.99. The molecule has 2 fully saturated rings. The molecule has 0 aromatic carbocycles. The van der Waals surface area contributed by atoms with Crippen LogP contribution in [0.1, 0.15) is 32.1 Å². The summed E-state index contributed by atoms with van der Waals surface area (Å²) in [6.45, 7) is 5.16. The number of nitrogens with one attached hydrogen (secondary N) is 1. The molecule has 0 bridgehead atoms. The molecule has 0 atom stereocenters. The maximum atomic E-state index is 3.43. The Labute approximate surface area is 88.1 Å². The van der Waals surface area contributed by atoms with E-state index in [0.29, 0.717) is 0 Å². The molecule has 0 amide bonds. The highest BCUT2D eigenvalue weighted by molar-refractivity contribution is 4.75. The van der Waals surface area contributed by atoms with Gasteiger partial charge >= 0.3 is 0 Å². The van der Waals surface area contributed by atoms with Gasteiger partial charge in [-0.15, -0.1) is 0 Å². The Morgan fingerprint density at radius 1 is 1.00 bits per heavy atom. The molecule has 1 saturated carbocycles. The fourth-order valence-corrected chi connectivity index (χ4v) is 2.70. The van der Waals surface area contributed by atoms with Crippen LogP contribution in [0.2, 0.25) is 0 Å². The summed E-state index contributed by atoms with van der Waals surface area (Å²) in [5.41, 5.74) is 0. The highest BCUT2D eigenvalue weighted by Crippen LogP contribution is 2.27. The lowest BCUT2D eigenvalue weighted by atomic mass is 9.85. The average molecular weight is 196 g/mol. The van der Waals surface area contributed by atoms with E-state index in [2.05, 4.69) is 17.3 Å². The molecule has 2 aliphatic rings. The zero-order valence-corrected chi connectivity index (χ0v) is 9.47. The molecular weight excluding hydrogens is 172 g/mol. The largest absolute Gasteiger partial charge is 0.317 e. The van der Waals surface area contributed by atoms with Crippen LogP contribution in [-0.2, 0) is 0 Å². The molecule has 0 unspecified atom stereocenters. The van der Waals surface area contributed by atoms with E-state index >= 15 is 0 Å². The molecule has 2 nitrogen and oxygen atoms in total. The van der Waals surface area contributed by atoms with E-state index in [1.807, 2.05) is 0 Å². The molecule has 0 radical (unpaired) electrons. The van der Waals surface area contributed by atoms with Crippen molar-refractivity contribution >= 4 is 0 Å². The number of hydrogen-bond donors (Lipinski definition) is 1. The van der Waals surface area contributed by atoms with Gasteiger partial charge in [0.15, 0.2) is 0 Å². The van der Waals surface area contributed by atoms with Crippen LogP contribution in [0.4, 0.5) is 0 Å². The van der Waals surface area contributed by atoms with E-state index in [4.69, 9.17) is 0 Å². The Balaban J connectivity index is 1.62. The molecule has 0 spiro atoms. The van der Waals surface area contributed by atoms with Gasteiger partial charge in [0.25, 0.3) is 0 Å². The van der Waals surface area contributed by atoms with Crippen LogP contribution in [0.15, 0.2) is 0 Å². The predicted molar refractivity (Wildman–Crippen MR) is 60.4 cm³/mol. The van der Waals surface area contributed by atoms with Gasteiger partial charge in [-0.2, -0.15) is 0 Å². The van der Waals surface area contributed by atoms with Crippen LogP contribution < -0.4 is 5.32 Å². The first kappa shape index (κ1) is 10.4. The highest BCUT2D eigenvalue weighted by atomic mass is 15.1. The second-order valence-electron chi connectivity index (χ2n) is 5.21. The van der Waals surface area contributed by atoms with E-state index in [1.54, 1.807) is 0 Å². The van der Waals surface area contributed by atoms with Crippen LogP contribution in [-0.4, -0.2) is 38.1 Å². The highest BCUT2D eigenvalue weighted by Gasteiger charge is 2.21. The van der Waals surface area contributed by atoms with Crippen LogP contribution in [0.25, 0.3) is 0 Å². The molecule has 2 rings (SSSR count). The molecule has 1 saturated heterocycles. The molecule has 14 heavy (non-hydrogen) atoms. The first-order chi connectivity index (χ1) is 6.84. The van der Waals surface area contributed by atoms with Crippen molar-refractivity contribution in [2.24, 2.45) is 11.8 Å². The van der Waals surface area contributed by atoms with Gasteiger partial charge in [0.1, 0.15) is 0 Å². The van der Waals surface area contributed by atoms with E-state index in [1.165, 1.54) is 58.3 Å². The molecule has 2 heteroatoms. The quantitative estimate of drug-likeness (QED) is 0.736. The summed E-state index contributed by atoms with van der Waals surface area (Å²) in [6, 6.07) is 0. The minimum absolute atomic E-state index is 0.960. The Bertz CT molecular complexity index is 160. The summed E-state index contributed by atoms with van der Waals surface area (Å²) in [4.78, 5) is 2.57. The van der Waals surface area contributed by atoms with Gasteiger partial charge in [-0.25, -0.2) is 0 Å².